The second-order valence-electron chi connectivity index (χ2n) is 6.12. The highest BCUT2D eigenvalue weighted by molar-refractivity contribution is 5.72. The summed E-state index contributed by atoms with van der Waals surface area (Å²) in [7, 11) is 0. The van der Waals surface area contributed by atoms with Crippen LogP contribution < -0.4 is 0 Å². The van der Waals surface area contributed by atoms with Crippen LogP contribution in [0.3, 0.4) is 0 Å². The summed E-state index contributed by atoms with van der Waals surface area (Å²) in [5, 5.41) is 7.09. The Balaban J connectivity index is 1.30. The number of benzene rings is 1. The van der Waals surface area contributed by atoms with Gasteiger partial charge in [-0.05, 0) is 32.0 Å². The molecule has 0 amide bonds. The third-order valence-electron chi connectivity index (χ3n) is 4.26. The Kier molecular flexibility index (Phi) is 4.27. The number of hydrogen-bond donors (Lipinski definition) is 1. The van der Waals surface area contributed by atoms with Gasteiger partial charge in [-0.1, -0.05) is 12.1 Å². The standard InChI is InChI=1S/C17H21N5O2/c1-12-18-17(21-20-12)15-11-22(9-10-23-15)8-4-7-16-19-13-5-2-3-6-14(13)24-16/h2-3,5-6,15H,4,7-11H2,1H3,(H,18,20,21)/t15-/m0/s1. The van der Waals surface area contributed by atoms with E-state index in [1.54, 1.807) is 0 Å². The Bertz CT molecular complexity index is 779. The van der Waals surface area contributed by atoms with Crippen molar-refractivity contribution in [2.75, 3.05) is 26.2 Å². The van der Waals surface area contributed by atoms with Gasteiger partial charge in [0.05, 0.1) is 6.61 Å². The van der Waals surface area contributed by atoms with Crippen LogP contribution in [0.4, 0.5) is 0 Å². The minimum absolute atomic E-state index is 0.0481. The largest absolute Gasteiger partial charge is 0.441 e. The average molecular weight is 327 g/mol. The summed E-state index contributed by atoms with van der Waals surface area (Å²) in [5.74, 6) is 2.38. The Morgan fingerprint density at radius 2 is 2.21 bits per heavy atom. The van der Waals surface area contributed by atoms with Crippen LogP contribution in [0.2, 0.25) is 0 Å². The molecule has 4 rings (SSSR count). The van der Waals surface area contributed by atoms with Crippen LogP contribution in [0.1, 0.15) is 30.1 Å². The van der Waals surface area contributed by atoms with Crippen molar-refractivity contribution in [2.45, 2.75) is 25.9 Å². The summed E-state index contributed by atoms with van der Waals surface area (Å²) in [6.45, 7) is 5.36. The zero-order valence-electron chi connectivity index (χ0n) is 13.7. The molecular weight excluding hydrogens is 306 g/mol. The van der Waals surface area contributed by atoms with E-state index in [0.29, 0.717) is 6.61 Å². The van der Waals surface area contributed by atoms with Gasteiger partial charge in [0, 0.05) is 19.5 Å². The molecule has 1 saturated heterocycles. The van der Waals surface area contributed by atoms with Crippen molar-refractivity contribution in [3.63, 3.8) is 0 Å². The normalized spacial score (nSPS) is 19.1. The molecule has 7 nitrogen and oxygen atoms in total. The maximum atomic E-state index is 5.79. The molecule has 1 aromatic carbocycles. The van der Waals surface area contributed by atoms with Crippen LogP contribution in [-0.2, 0) is 11.2 Å². The molecule has 0 saturated carbocycles. The SMILES string of the molecule is Cc1nc([C@@H]2CN(CCCc3nc4ccccc4o3)CCO2)n[nH]1. The lowest BCUT2D eigenvalue weighted by Crippen LogP contribution is -2.39. The lowest BCUT2D eigenvalue weighted by molar-refractivity contribution is -0.0344. The molecule has 7 heteroatoms. The lowest BCUT2D eigenvalue weighted by Gasteiger charge is -2.31. The minimum Gasteiger partial charge on any atom is -0.441 e. The van der Waals surface area contributed by atoms with Crippen LogP contribution in [-0.4, -0.2) is 51.3 Å². The number of aromatic amines is 1. The van der Waals surface area contributed by atoms with Crippen molar-refractivity contribution in [1.29, 1.82) is 0 Å². The van der Waals surface area contributed by atoms with Gasteiger partial charge in [0.2, 0.25) is 0 Å². The highest BCUT2D eigenvalue weighted by Crippen LogP contribution is 2.20. The van der Waals surface area contributed by atoms with Gasteiger partial charge in [-0.15, -0.1) is 0 Å². The van der Waals surface area contributed by atoms with Crippen molar-refractivity contribution in [3.8, 4) is 0 Å². The maximum Gasteiger partial charge on any atom is 0.195 e. The molecule has 0 unspecified atom stereocenters. The fourth-order valence-electron chi connectivity index (χ4n) is 3.05. The topological polar surface area (TPSA) is 80.1 Å². The number of H-pyrrole nitrogens is 1. The summed E-state index contributed by atoms with van der Waals surface area (Å²) in [6, 6.07) is 7.88. The number of nitrogens with one attached hydrogen (secondary N) is 1. The number of hydrogen-bond acceptors (Lipinski definition) is 6. The van der Waals surface area contributed by atoms with Gasteiger partial charge in [0.15, 0.2) is 17.3 Å². The van der Waals surface area contributed by atoms with Gasteiger partial charge in [-0.3, -0.25) is 10.00 Å². The summed E-state index contributed by atoms with van der Waals surface area (Å²) < 4.78 is 11.6. The fraction of sp³-hybridized carbons (Fsp3) is 0.471. The van der Waals surface area contributed by atoms with E-state index in [9.17, 15) is 0 Å². The predicted octanol–water partition coefficient (Wildman–Crippen LogP) is 2.26. The van der Waals surface area contributed by atoms with Gasteiger partial charge in [0.1, 0.15) is 17.4 Å². The first-order chi connectivity index (χ1) is 11.8. The van der Waals surface area contributed by atoms with Crippen molar-refractivity contribution in [1.82, 2.24) is 25.1 Å². The first-order valence-corrected chi connectivity index (χ1v) is 8.35. The summed E-state index contributed by atoms with van der Waals surface area (Å²) in [5.41, 5.74) is 1.79. The number of rotatable bonds is 5. The molecule has 0 spiro atoms. The van der Waals surface area contributed by atoms with E-state index >= 15 is 0 Å². The van der Waals surface area contributed by atoms with E-state index in [4.69, 9.17) is 9.15 Å². The molecule has 24 heavy (non-hydrogen) atoms. The number of nitrogens with zero attached hydrogens (tertiary/aromatic N) is 4. The molecule has 3 aromatic rings. The molecule has 0 bridgehead atoms. The second-order valence-corrected chi connectivity index (χ2v) is 6.12. The van der Waals surface area contributed by atoms with Crippen molar-refractivity contribution >= 4 is 11.1 Å². The molecule has 3 heterocycles. The van der Waals surface area contributed by atoms with Gasteiger partial charge in [-0.2, -0.15) is 5.10 Å². The van der Waals surface area contributed by atoms with Gasteiger partial charge < -0.3 is 9.15 Å². The van der Waals surface area contributed by atoms with Gasteiger partial charge in [0.25, 0.3) is 0 Å². The molecular formula is C17H21N5O2. The Morgan fingerprint density at radius 3 is 3.04 bits per heavy atom. The average Bonchev–Trinajstić information content (AvgIpc) is 3.21. The van der Waals surface area contributed by atoms with E-state index in [-0.39, 0.29) is 6.10 Å². The first kappa shape index (κ1) is 15.3. The van der Waals surface area contributed by atoms with Gasteiger partial charge >= 0.3 is 0 Å². The molecule has 1 fully saturated rings. The monoisotopic (exact) mass is 327 g/mol. The van der Waals surface area contributed by atoms with E-state index < -0.39 is 0 Å². The molecule has 1 atom stereocenters. The van der Waals surface area contributed by atoms with Crippen LogP contribution in [0, 0.1) is 6.92 Å². The van der Waals surface area contributed by atoms with E-state index in [2.05, 4.69) is 25.1 Å². The Morgan fingerprint density at radius 1 is 1.29 bits per heavy atom. The number of aromatic nitrogens is 4. The Labute approximate surface area is 140 Å². The van der Waals surface area contributed by atoms with E-state index in [1.807, 2.05) is 31.2 Å². The zero-order chi connectivity index (χ0) is 16.4. The fourth-order valence-corrected chi connectivity index (χ4v) is 3.05. The molecule has 1 aliphatic heterocycles. The van der Waals surface area contributed by atoms with E-state index in [0.717, 1.165) is 61.1 Å². The number of fused-ring (bicyclic) bond motifs is 1. The third-order valence-corrected chi connectivity index (χ3v) is 4.26. The smallest absolute Gasteiger partial charge is 0.195 e. The van der Waals surface area contributed by atoms with Crippen molar-refractivity contribution < 1.29 is 9.15 Å². The molecule has 0 aliphatic carbocycles. The van der Waals surface area contributed by atoms with Crippen LogP contribution >= 0.6 is 0 Å². The maximum absolute atomic E-state index is 5.79. The highest BCUT2D eigenvalue weighted by Gasteiger charge is 2.24. The molecule has 1 aliphatic rings. The van der Waals surface area contributed by atoms with Crippen molar-refractivity contribution in [3.05, 3.63) is 41.8 Å². The molecule has 0 radical (unpaired) electrons. The summed E-state index contributed by atoms with van der Waals surface area (Å²) >= 11 is 0. The van der Waals surface area contributed by atoms with Crippen LogP contribution in [0.25, 0.3) is 11.1 Å². The number of ether oxygens (including phenoxy) is 1. The quantitative estimate of drug-likeness (QED) is 0.774. The van der Waals surface area contributed by atoms with E-state index in [1.165, 1.54) is 0 Å². The van der Waals surface area contributed by atoms with Crippen molar-refractivity contribution in [2.24, 2.45) is 0 Å². The Hall–Kier alpha value is -2.25. The van der Waals surface area contributed by atoms with Gasteiger partial charge in [-0.25, -0.2) is 9.97 Å². The summed E-state index contributed by atoms with van der Waals surface area (Å²) in [6.07, 6.45) is 1.80. The molecule has 126 valence electrons. The third kappa shape index (κ3) is 3.32. The predicted molar refractivity (Wildman–Crippen MR) is 88.6 cm³/mol. The van der Waals surface area contributed by atoms with Crippen LogP contribution in [0.5, 0.6) is 0 Å². The number of aryl methyl sites for hydroxylation is 2. The number of oxazole rings is 1. The second kappa shape index (κ2) is 6.70. The highest BCUT2D eigenvalue weighted by atomic mass is 16.5. The number of para-hydroxylation sites is 2. The number of morpholine rings is 1. The minimum atomic E-state index is -0.0481. The first-order valence-electron chi connectivity index (χ1n) is 8.35. The zero-order valence-corrected chi connectivity index (χ0v) is 13.7. The molecule has 2 aromatic heterocycles. The van der Waals surface area contributed by atoms with Crippen LogP contribution in [0.15, 0.2) is 28.7 Å². The summed E-state index contributed by atoms with van der Waals surface area (Å²) in [4.78, 5) is 11.3. The molecule has 1 N–H and O–H groups in total. The lowest BCUT2D eigenvalue weighted by atomic mass is 10.2.